The molecule has 1 aliphatic heterocycles. The zero-order valence-corrected chi connectivity index (χ0v) is 14.3. The minimum Gasteiger partial charge on any atom is -0.444 e. The molecule has 1 heterocycles. The van der Waals surface area contributed by atoms with Gasteiger partial charge in [0.15, 0.2) is 0 Å². The molecule has 1 saturated heterocycles. The Kier molecular flexibility index (Phi) is 5.54. The van der Waals surface area contributed by atoms with Gasteiger partial charge < -0.3 is 15.0 Å². The molecule has 1 aromatic carbocycles. The van der Waals surface area contributed by atoms with E-state index in [1.807, 2.05) is 20.8 Å². The van der Waals surface area contributed by atoms with Gasteiger partial charge in [0.1, 0.15) is 11.3 Å². The highest BCUT2D eigenvalue weighted by Gasteiger charge is 2.30. The number of para-hydroxylation sites is 2. The summed E-state index contributed by atoms with van der Waals surface area (Å²) in [5.41, 5.74) is 7.58. The van der Waals surface area contributed by atoms with Crippen molar-refractivity contribution >= 4 is 23.4 Å². The second-order valence-corrected chi connectivity index (χ2v) is 6.86. The molecule has 7 heteroatoms. The zero-order valence-electron chi connectivity index (χ0n) is 14.3. The average Bonchev–Trinajstić information content (AvgIpc) is 2.54. The predicted molar refractivity (Wildman–Crippen MR) is 90.4 cm³/mol. The van der Waals surface area contributed by atoms with Crippen LogP contribution in [0.3, 0.4) is 0 Å². The molecule has 2 rings (SSSR count). The number of likely N-dealkylation sites (tertiary alicyclic amines) is 1. The van der Waals surface area contributed by atoms with Crippen molar-refractivity contribution in [2.24, 2.45) is 11.0 Å². The molecular formula is C17H24N4O3. The van der Waals surface area contributed by atoms with Crippen molar-refractivity contribution in [3.05, 3.63) is 24.3 Å². The minimum atomic E-state index is -0.519. The molecule has 0 unspecified atom stereocenters. The first kappa shape index (κ1) is 17.9. The number of hydrogen-bond acceptors (Lipinski definition) is 5. The number of amides is 2. The molecule has 7 nitrogen and oxygen atoms in total. The number of anilines is 1. The van der Waals surface area contributed by atoms with E-state index in [0.29, 0.717) is 37.3 Å². The molecule has 1 aliphatic rings. The van der Waals surface area contributed by atoms with Crippen molar-refractivity contribution < 1.29 is 14.3 Å². The maximum atomic E-state index is 12.4. The van der Waals surface area contributed by atoms with Crippen LogP contribution in [0.1, 0.15) is 33.6 Å². The molecule has 1 aromatic rings. The summed E-state index contributed by atoms with van der Waals surface area (Å²) in [6, 6.07) is 6.95. The fraction of sp³-hybridized carbons (Fsp3) is 0.529. The number of benzene rings is 1. The third kappa shape index (κ3) is 4.78. The van der Waals surface area contributed by atoms with Crippen molar-refractivity contribution in [1.82, 2.24) is 4.90 Å². The molecule has 0 spiro atoms. The van der Waals surface area contributed by atoms with E-state index in [4.69, 9.17) is 10.3 Å². The van der Waals surface area contributed by atoms with Crippen LogP contribution in [-0.2, 0) is 9.53 Å². The molecule has 0 aliphatic carbocycles. The highest BCUT2D eigenvalue weighted by Crippen LogP contribution is 2.26. The topological polar surface area (TPSA) is 94.8 Å². The van der Waals surface area contributed by atoms with Crippen molar-refractivity contribution in [1.29, 1.82) is 5.53 Å². The van der Waals surface area contributed by atoms with E-state index in [0.717, 1.165) is 0 Å². The van der Waals surface area contributed by atoms with Crippen molar-refractivity contribution in [3.8, 4) is 0 Å². The maximum Gasteiger partial charge on any atom is 0.410 e. The summed E-state index contributed by atoms with van der Waals surface area (Å²) < 4.78 is 5.35. The summed E-state index contributed by atoms with van der Waals surface area (Å²) in [5, 5.41) is 6.23. The second-order valence-electron chi connectivity index (χ2n) is 6.86. The van der Waals surface area contributed by atoms with E-state index in [-0.39, 0.29) is 17.9 Å². The monoisotopic (exact) mass is 332 g/mol. The molecule has 1 fully saturated rings. The van der Waals surface area contributed by atoms with Gasteiger partial charge >= 0.3 is 6.09 Å². The number of nitrogens with one attached hydrogen (secondary N) is 2. The Bertz CT molecular complexity index is 617. The summed E-state index contributed by atoms with van der Waals surface area (Å²) in [4.78, 5) is 26.1. The molecule has 2 N–H and O–H groups in total. The molecule has 0 atom stereocenters. The Balaban J connectivity index is 1.89. The number of carbonyl (C=O) groups excluding carboxylic acids is 2. The highest BCUT2D eigenvalue weighted by atomic mass is 16.6. The van der Waals surface area contributed by atoms with Gasteiger partial charge in [-0.2, -0.15) is 5.11 Å². The molecule has 0 saturated carbocycles. The van der Waals surface area contributed by atoms with Gasteiger partial charge in [-0.25, -0.2) is 10.3 Å². The number of hydrogen-bond donors (Lipinski definition) is 2. The Morgan fingerprint density at radius 3 is 2.46 bits per heavy atom. The van der Waals surface area contributed by atoms with Crippen LogP contribution in [0.15, 0.2) is 29.4 Å². The Morgan fingerprint density at radius 1 is 1.25 bits per heavy atom. The summed E-state index contributed by atoms with van der Waals surface area (Å²) in [7, 11) is 0. The fourth-order valence-corrected chi connectivity index (χ4v) is 2.56. The molecule has 0 bridgehead atoms. The number of carbonyl (C=O) groups is 2. The normalized spacial score (nSPS) is 15.7. The molecule has 2 amide bonds. The van der Waals surface area contributed by atoms with E-state index in [1.54, 1.807) is 29.2 Å². The number of rotatable bonds is 3. The Labute approximate surface area is 141 Å². The third-order valence-corrected chi connectivity index (χ3v) is 3.80. The molecule has 0 aromatic heterocycles. The predicted octanol–water partition coefficient (Wildman–Crippen LogP) is 3.93. The molecule has 130 valence electrons. The van der Waals surface area contributed by atoms with Crippen LogP contribution in [0.4, 0.5) is 16.2 Å². The van der Waals surface area contributed by atoms with Crippen LogP contribution < -0.4 is 5.32 Å². The largest absolute Gasteiger partial charge is 0.444 e. The highest BCUT2D eigenvalue weighted by molar-refractivity contribution is 5.95. The zero-order chi connectivity index (χ0) is 17.7. The van der Waals surface area contributed by atoms with Crippen molar-refractivity contribution in [3.63, 3.8) is 0 Å². The molecule has 0 radical (unpaired) electrons. The van der Waals surface area contributed by atoms with E-state index < -0.39 is 5.60 Å². The lowest BCUT2D eigenvalue weighted by atomic mass is 9.96. The van der Waals surface area contributed by atoms with Crippen LogP contribution in [0.5, 0.6) is 0 Å². The minimum absolute atomic E-state index is 0.102. The standard InChI is InChI=1S/C17H24N4O3/c1-17(2,3)24-16(23)21-10-8-12(9-11-21)15(22)19-13-6-4-5-7-14(13)20-18/h4-7,12,18H,8-11H2,1-3H3,(H,19,22). The van der Waals surface area contributed by atoms with Crippen LogP contribution >= 0.6 is 0 Å². The average molecular weight is 332 g/mol. The quantitative estimate of drug-likeness (QED) is 0.821. The van der Waals surface area contributed by atoms with Gasteiger partial charge in [0, 0.05) is 19.0 Å². The van der Waals surface area contributed by atoms with Crippen molar-refractivity contribution in [2.75, 3.05) is 18.4 Å². The number of piperidine rings is 1. The summed E-state index contributed by atoms with van der Waals surface area (Å²) in [6.07, 6.45) is 0.844. The van der Waals surface area contributed by atoms with Gasteiger partial charge in [-0.3, -0.25) is 4.79 Å². The second kappa shape index (κ2) is 7.42. The number of ether oxygens (including phenoxy) is 1. The van der Waals surface area contributed by atoms with Gasteiger partial charge in [-0.15, -0.1) is 0 Å². The lowest BCUT2D eigenvalue weighted by Gasteiger charge is -2.32. The van der Waals surface area contributed by atoms with Crippen LogP contribution in [0.2, 0.25) is 0 Å². The Hall–Kier alpha value is -2.44. The fourth-order valence-electron chi connectivity index (χ4n) is 2.56. The van der Waals surface area contributed by atoms with E-state index in [2.05, 4.69) is 10.4 Å². The van der Waals surface area contributed by atoms with Gasteiger partial charge in [0.25, 0.3) is 0 Å². The van der Waals surface area contributed by atoms with E-state index in [1.165, 1.54) is 0 Å². The lowest BCUT2D eigenvalue weighted by molar-refractivity contribution is -0.121. The molecule has 24 heavy (non-hydrogen) atoms. The van der Waals surface area contributed by atoms with Gasteiger partial charge in [-0.05, 0) is 45.7 Å². The van der Waals surface area contributed by atoms with Gasteiger partial charge in [0.2, 0.25) is 5.91 Å². The summed E-state index contributed by atoms with van der Waals surface area (Å²) in [5.74, 6) is -0.266. The Morgan fingerprint density at radius 2 is 1.88 bits per heavy atom. The number of nitrogens with zero attached hydrogens (tertiary/aromatic N) is 2. The molecular weight excluding hydrogens is 308 g/mol. The SMILES string of the molecule is CC(C)(C)OC(=O)N1CCC(C(=O)Nc2ccccc2N=N)CC1. The van der Waals surface area contributed by atoms with E-state index in [9.17, 15) is 9.59 Å². The van der Waals surface area contributed by atoms with Gasteiger partial charge in [0.05, 0.1) is 5.69 Å². The first-order valence-corrected chi connectivity index (χ1v) is 8.05. The van der Waals surface area contributed by atoms with Crippen LogP contribution in [-0.4, -0.2) is 35.6 Å². The lowest BCUT2D eigenvalue weighted by Crippen LogP contribution is -2.43. The summed E-state index contributed by atoms with van der Waals surface area (Å²) >= 11 is 0. The van der Waals surface area contributed by atoms with E-state index >= 15 is 0 Å². The van der Waals surface area contributed by atoms with Crippen molar-refractivity contribution in [2.45, 2.75) is 39.2 Å². The first-order valence-electron chi connectivity index (χ1n) is 8.05. The smallest absolute Gasteiger partial charge is 0.410 e. The summed E-state index contributed by atoms with van der Waals surface area (Å²) in [6.45, 7) is 6.49. The van der Waals surface area contributed by atoms with Gasteiger partial charge in [-0.1, -0.05) is 12.1 Å². The third-order valence-electron chi connectivity index (χ3n) is 3.80. The maximum absolute atomic E-state index is 12.4. The van der Waals surface area contributed by atoms with Crippen LogP contribution in [0.25, 0.3) is 0 Å². The van der Waals surface area contributed by atoms with Crippen LogP contribution in [0, 0.1) is 11.4 Å². The first-order chi connectivity index (χ1) is 11.3.